The number of carbonyl (C=O) groups is 1. The summed E-state index contributed by atoms with van der Waals surface area (Å²) in [5.74, 6) is 0.721. The van der Waals surface area contributed by atoms with Crippen molar-refractivity contribution in [2.45, 2.75) is 47.0 Å². The van der Waals surface area contributed by atoms with Crippen LogP contribution in [0.3, 0.4) is 0 Å². The van der Waals surface area contributed by atoms with E-state index in [2.05, 4.69) is 27.7 Å². The van der Waals surface area contributed by atoms with Crippen LogP contribution in [0.1, 0.15) is 47.0 Å². The molecule has 1 atom stereocenters. The molecule has 1 heteroatoms. The Morgan fingerprint density at radius 2 is 1.92 bits per heavy atom. The molecule has 0 aromatic heterocycles. The van der Waals surface area contributed by atoms with E-state index in [9.17, 15) is 4.79 Å². The lowest BCUT2D eigenvalue weighted by Crippen LogP contribution is -2.11. The van der Waals surface area contributed by atoms with Gasteiger partial charge in [-0.1, -0.05) is 34.1 Å². The van der Waals surface area contributed by atoms with Crippen molar-refractivity contribution in [2.24, 2.45) is 16.7 Å². The van der Waals surface area contributed by atoms with Crippen molar-refractivity contribution >= 4 is 6.29 Å². The average Bonchev–Trinajstić information content (AvgIpc) is 2.51. The van der Waals surface area contributed by atoms with Crippen LogP contribution in [-0.2, 0) is 4.79 Å². The second-order valence-electron chi connectivity index (χ2n) is 5.27. The first-order chi connectivity index (χ1) is 5.43. The van der Waals surface area contributed by atoms with Gasteiger partial charge in [0.2, 0.25) is 0 Å². The maximum absolute atomic E-state index is 10.9. The summed E-state index contributed by atoms with van der Waals surface area (Å²) >= 11 is 0. The molecule has 0 N–H and O–H groups in total. The third-order valence-corrected chi connectivity index (χ3v) is 3.37. The molecule has 70 valence electrons. The fourth-order valence-corrected chi connectivity index (χ4v) is 1.98. The molecule has 1 unspecified atom stereocenters. The molecule has 1 saturated carbocycles. The van der Waals surface area contributed by atoms with Gasteiger partial charge in [-0.2, -0.15) is 0 Å². The summed E-state index contributed by atoms with van der Waals surface area (Å²) in [6.45, 7) is 8.82. The molecule has 1 fully saturated rings. The quantitative estimate of drug-likeness (QED) is 0.590. The first-order valence-corrected chi connectivity index (χ1v) is 4.90. The van der Waals surface area contributed by atoms with E-state index in [0.29, 0.717) is 0 Å². The molecule has 0 saturated heterocycles. The fraction of sp³-hybridized carbons (Fsp3) is 0.909. The number of hydrogen-bond acceptors (Lipinski definition) is 1. The first-order valence-electron chi connectivity index (χ1n) is 4.90. The number of rotatable bonds is 4. The van der Waals surface area contributed by atoms with Gasteiger partial charge in [-0.15, -0.1) is 0 Å². The van der Waals surface area contributed by atoms with Gasteiger partial charge in [0.05, 0.1) is 0 Å². The molecular formula is C11H20O. The van der Waals surface area contributed by atoms with Crippen LogP contribution in [0.4, 0.5) is 0 Å². The summed E-state index contributed by atoms with van der Waals surface area (Å²) in [5.41, 5.74) is 0.320. The van der Waals surface area contributed by atoms with Crippen LogP contribution >= 0.6 is 0 Å². The Bertz CT molecular complexity index is 181. The van der Waals surface area contributed by atoms with Gasteiger partial charge in [0.15, 0.2) is 0 Å². The van der Waals surface area contributed by atoms with Crippen molar-refractivity contribution in [3.05, 3.63) is 0 Å². The maximum atomic E-state index is 10.9. The summed E-state index contributed by atoms with van der Waals surface area (Å²) in [6.07, 6.45) is 4.55. The topological polar surface area (TPSA) is 17.1 Å². The average molecular weight is 168 g/mol. The van der Waals surface area contributed by atoms with Gasteiger partial charge >= 0.3 is 0 Å². The summed E-state index contributed by atoms with van der Waals surface area (Å²) < 4.78 is 0. The number of aldehydes is 1. The monoisotopic (exact) mass is 168 g/mol. The molecule has 0 radical (unpaired) electrons. The van der Waals surface area contributed by atoms with E-state index in [1.807, 2.05) is 0 Å². The zero-order valence-corrected chi connectivity index (χ0v) is 8.68. The van der Waals surface area contributed by atoms with E-state index in [4.69, 9.17) is 0 Å². The lowest BCUT2D eigenvalue weighted by atomic mass is 9.90. The van der Waals surface area contributed by atoms with Gasteiger partial charge in [-0.05, 0) is 24.2 Å². The molecule has 12 heavy (non-hydrogen) atoms. The van der Waals surface area contributed by atoms with Crippen LogP contribution in [0.2, 0.25) is 0 Å². The summed E-state index contributed by atoms with van der Waals surface area (Å²) in [6, 6.07) is 0. The van der Waals surface area contributed by atoms with Crippen LogP contribution in [0.15, 0.2) is 0 Å². The molecule has 0 amide bonds. The molecule has 1 rings (SSSR count). The van der Waals surface area contributed by atoms with Gasteiger partial charge in [-0.3, -0.25) is 0 Å². The number of carbonyl (C=O) groups excluding carboxylic acids is 1. The van der Waals surface area contributed by atoms with Crippen LogP contribution in [0.25, 0.3) is 0 Å². The van der Waals surface area contributed by atoms with E-state index in [0.717, 1.165) is 18.8 Å². The highest BCUT2D eigenvalue weighted by Crippen LogP contribution is 2.64. The van der Waals surface area contributed by atoms with Gasteiger partial charge in [-0.25, -0.2) is 0 Å². The normalized spacial score (nSPS) is 32.1. The standard InChI is InChI=1S/C11H20O/c1-9(2)5-6-11(8-12)7-10(11,3)4/h8-9H,5-7H2,1-4H3. The Morgan fingerprint density at radius 1 is 1.42 bits per heavy atom. The Balaban J connectivity index is 2.45. The number of hydrogen-bond donors (Lipinski definition) is 0. The largest absolute Gasteiger partial charge is 0.303 e. The van der Waals surface area contributed by atoms with Crippen molar-refractivity contribution in [1.29, 1.82) is 0 Å². The Hall–Kier alpha value is -0.330. The molecule has 1 aliphatic carbocycles. The SMILES string of the molecule is CC(C)CCC1(C=O)CC1(C)C. The van der Waals surface area contributed by atoms with Gasteiger partial charge < -0.3 is 4.79 Å². The molecule has 0 aromatic rings. The van der Waals surface area contributed by atoms with Crippen LogP contribution in [0.5, 0.6) is 0 Å². The zero-order valence-electron chi connectivity index (χ0n) is 8.68. The predicted octanol–water partition coefficient (Wildman–Crippen LogP) is 3.04. The van der Waals surface area contributed by atoms with Gasteiger partial charge in [0.1, 0.15) is 6.29 Å². The maximum Gasteiger partial charge on any atom is 0.126 e. The lowest BCUT2D eigenvalue weighted by molar-refractivity contribution is -0.113. The first kappa shape index (κ1) is 9.76. The Labute approximate surface area is 75.5 Å². The van der Waals surface area contributed by atoms with Crippen molar-refractivity contribution in [3.63, 3.8) is 0 Å². The molecule has 0 heterocycles. The third-order valence-electron chi connectivity index (χ3n) is 3.37. The minimum atomic E-state index is 0.0390. The van der Waals surface area contributed by atoms with Crippen LogP contribution < -0.4 is 0 Å². The van der Waals surface area contributed by atoms with Crippen LogP contribution in [0, 0.1) is 16.7 Å². The smallest absolute Gasteiger partial charge is 0.126 e. The van der Waals surface area contributed by atoms with Crippen molar-refractivity contribution in [1.82, 2.24) is 0 Å². The highest BCUT2D eigenvalue weighted by molar-refractivity contribution is 5.66. The summed E-state index contributed by atoms with van der Waals surface area (Å²) in [7, 11) is 0. The summed E-state index contributed by atoms with van der Waals surface area (Å²) in [4.78, 5) is 10.9. The van der Waals surface area contributed by atoms with Gasteiger partial charge in [0.25, 0.3) is 0 Å². The Kier molecular flexibility index (Phi) is 2.33. The zero-order chi connectivity index (χ0) is 9.41. The van der Waals surface area contributed by atoms with E-state index in [1.165, 1.54) is 12.7 Å². The predicted molar refractivity (Wildman–Crippen MR) is 51.0 cm³/mol. The molecule has 0 bridgehead atoms. The minimum Gasteiger partial charge on any atom is -0.303 e. The lowest BCUT2D eigenvalue weighted by Gasteiger charge is -2.14. The second-order valence-corrected chi connectivity index (χ2v) is 5.27. The molecule has 1 nitrogen and oxygen atoms in total. The van der Waals surface area contributed by atoms with E-state index >= 15 is 0 Å². The minimum absolute atomic E-state index is 0.0390. The molecular weight excluding hydrogens is 148 g/mol. The Morgan fingerprint density at radius 3 is 2.17 bits per heavy atom. The van der Waals surface area contributed by atoms with Gasteiger partial charge in [0, 0.05) is 5.41 Å². The highest BCUT2D eigenvalue weighted by Gasteiger charge is 2.60. The van der Waals surface area contributed by atoms with E-state index in [1.54, 1.807) is 0 Å². The van der Waals surface area contributed by atoms with Crippen molar-refractivity contribution in [3.8, 4) is 0 Å². The summed E-state index contributed by atoms with van der Waals surface area (Å²) in [5, 5.41) is 0. The highest BCUT2D eigenvalue weighted by atomic mass is 16.1. The molecule has 0 aliphatic heterocycles. The third kappa shape index (κ3) is 1.55. The van der Waals surface area contributed by atoms with E-state index < -0.39 is 0 Å². The van der Waals surface area contributed by atoms with Crippen molar-refractivity contribution in [2.75, 3.05) is 0 Å². The van der Waals surface area contributed by atoms with Crippen molar-refractivity contribution < 1.29 is 4.79 Å². The fourth-order valence-electron chi connectivity index (χ4n) is 1.98. The molecule has 0 spiro atoms. The van der Waals surface area contributed by atoms with E-state index in [-0.39, 0.29) is 10.8 Å². The van der Waals surface area contributed by atoms with Crippen LogP contribution in [-0.4, -0.2) is 6.29 Å². The second kappa shape index (κ2) is 2.86. The molecule has 1 aliphatic rings. The molecule has 0 aromatic carbocycles.